The number of carbonyl (C=O) groups is 1. The summed E-state index contributed by atoms with van der Waals surface area (Å²) < 4.78 is 10.9. The number of rotatable bonds is 8. The van der Waals surface area contributed by atoms with Crippen LogP contribution in [0, 0.1) is 0 Å². The Morgan fingerprint density at radius 3 is 2.60 bits per heavy atom. The minimum atomic E-state index is -0.852. The summed E-state index contributed by atoms with van der Waals surface area (Å²) >= 11 is 0. The maximum absolute atomic E-state index is 11.4. The Kier molecular flexibility index (Phi) is 8.61. The molecule has 2 unspecified atom stereocenters. The van der Waals surface area contributed by atoms with Crippen molar-refractivity contribution in [2.75, 3.05) is 18.6 Å². The molecule has 0 saturated heterocycles. The molecule has 0 aromatic heterocycles. The topological polar surface area (TPSA) is 72.2 Å². The highest BCUT2D eigenvalue weighted by Gasteiger charge is 2.07. The van der Waals surface area contributed by atoms with E-state index in [9.17, 15) is 9.00 Å². The zero-order chi connectivity index (χ0) is 11.7. The molecule has 0 aliphatic carbocycles. The van der Waals surface area contributed by atoms with E-state index in [1.807, 2.05) is 6.92 Å². The molecule has 15 heavy (non-hydrogen) atoms. The third kappa shape index (κ3) is 9.87. The molecule has 1 amide bonds. The molecule has 0 aromatic rings. The molecule has 0 heterocycles. The second kappa shape index (κ2) is 8.85. The molecule has 3 N–H and O–H groups in total. The fourth-order valence-corrected chi connectivity index (χ4v) is 2.13. The monoisotopic (exact) mass is 234 g/mol. The highest BCUT2D eigenvalue weighted by molar-refractivity contribution is 7.84. The van der Waals surface area contributed by atoms with Gasteiger partial charge in [0.2, 0.25) is 5.91 Å². The third-order valence-corrected chi connectivity index (χ3v) is 2.97. The average Bonchev–Trinajstić information content (AvgIpc) is 2.10. The minimum Gasteiger partial charge on any atom is -0.353 e. The van der Waals surface area contributed by atoms with Crippen molar-refractivity contribution < 1.29 is 9.00 Å². The van der Waals surface area contributed by atoms with Gasteiger partial charge in [-0.2, -0.15) is 0 Å². The smallest absolute Gasteiger partial charge is 0.220 e. The first-order chi connectivity index (χ1) is 7.06. The summed E-state index contributed by atoms with van der Waals surface area (Å²) in [5.74, 6) is 0.569. The standard InChI is InChI=1S/C10H22N2O2S/c1-9(8-15(2)14)12-10(13)6-4-3-5-7-11/h9H,3-8,11H2,1-2H3,(H,12,13). The molecule has 0 aromatic carbocycles. The fourth-order valence-electron chi connectivity index (χ4n) is 1.35. The lowest BCUT2D eigenvalue weighted by Crippen LogP contribution is -2.36. The van der Waals surface area contributed by atoms with Gasteiger partial charge >= 0.3 is 0 Å². The Hall–Kier alpha value is -0.420. The summed E-state index contributed by atoms with van der Waals surface area (Å²) in [4.78, 5) is 11.4. The van der Waals surface area contributed by atoms with Crippen molar-refractivity contribution in [3.05, 3.63) is 0 Å². The Labute approximate surface area is 94.4 Å². The predicted molar refractivity (Wildman–Crippen MR) is 64.1 cm³/mol. The number of nitrogens with one attached hydrogen (secondary N) is 1. The number of hydrogen-bond acceptors (Lipinski definition) is 3. The van der Waals surface area contributed by atoms with Crippen LogP contribution in [-0.2, 0) is 15.6 Å². The molecule has 0 aliphatic heterocycles. The molecule has 0 radical (unpaired) electrons. The largest absolute Gasteiger partial charge is 0.353 e. The molecule has 0 bridgehead atoms. The summed E-state index contributed by atoms with van der Waals surface area (Å²) in [7, 11) is -0.852. The average molecular weight is 234 g/mol. The van der Waals surface area contributed by atoms with E-state index in [-0.39, 0.29) is 11.9 Å². The van der Waals surface area contributed by atoms with Gasteiger partial charge in [-0.1, -0.05) is 6.42 Å². The zero-order valence-electron chi connectivity index (χ0n) is 9.62. The molecule has 0 saturated carbocycles. The number of amides is 1. The number of unbranched alkanes of at least 4 members (excludes halogenated alkanes) is 2. The summed E-state index contributed by atoms with van der Waals surface area (Å²) in [6.07, 6.45) is 5.04. The van der Waals surface area contributed by atoms with Crippen LogP contribution in [0.3, 0.4) is 0 Å². The normalized spacial score (nSPS) is 14.6. The van der Waals surface area contributed by atoms with E-state index in [4.69, 9.17) is 5.73 Å². The van der Waals surface area contributed by atoms with Gasteiger partial charge in [-0.15, -0.1) is 0 Å². The van der Waals surface area contributed by atoms with Crippen LogP contribution in [0.25, 0.3) is 0 Å². The highest BCUT2D eigenvalue weighted by atomic mass is 32.2. The van der Waals surface area contributed by atoms with Crippen molar-refractivity contribution in [1.82, 2.24) is 5.32 Å². The quantitative estimate of drug-likeness (QED) is 0.597. The lowest BCUT2D eigenvalue weighted by molar-refractivity contribution is -0.121. The lowest BCUT2D eigenvalue weighted by atomic mass is 10.2. The first kappa shape index (κ1) is 14.6. The van der Waals surface area contributed by atoms with Crippen LogP contribution in [0.4, 0.5) is 0 Å². The molecule has 2 atom stereocenters. The van der Waals surface area contributed by atoms with Crippen LogP contribution in [-0.4, -0.2) is 34.7 Å². The fraction of sp³-hybridized carbons (Fsp3) is 0.900. The summed E-state index contributed by atoms with van der Waals surface area (Å²) in [5, 5.41) is 2.82. The SMILES string of the molecule is CC(CS(C)=O)NC(=O)CCCCCN. The summed E-state index contributed by atoms with van der Waals surface area (Å²) in [5.41, 5.74) is 5.35. The van der Waals surface area contributed by atoms with Gasteiger partial charge in [0.25, 0.3) is 0 Å². The molecule has 5 heteroatoms. The van der Waals surface area contributed by atoms with E-state index < -0.39 is 10.8 Å². The zero-order valence-corrected chi connectivity index (χ0v) is 10.4. The van der Waals surface area contributed by atoms with E-state index in [1.54, 1.807) is 6.26 Å². The van der Waals surface area contributed by atoms with E-state index in [0.29, 0.717) is 18.7 Å². The van der Waals surface area contributed by atoms with Crippen LogP contribution < -0.4 is 11.1 Å². The van der Waals surface area contributed by atoms with Crippen molar-refractivity contribution in [3.8, 4) is 0 Å². The van der Waals surface area contributed by atoms with Gasteiger partial charge in [0, 0.05) is 35.3 Å². The maximum Gasteiger partial charge on any atom is 0.220 e. The van der Waals surface area contributed by atoms with Gasteiger partial charge in [-0.3, -0.25) is 9.00 Å². The minimum absolute atomic E-state index is 0.00200. The molecular formula is C10H22N2O2S. The summed E-state index contributed by atoms with van der Waals surface area (Å²) in [6.45, 7) is 2.56. The van der Waals surface area contributed by atoms with Crippen LogP contribution >= 0.6 is 0 Å². The Morgan fingerprint density at radius 1 is 1.40 bits per heavy atom. The number of hydrogen-bond donors (Lipinski definition) is 2. The van der Waals surface area contributed by atoms with E-state index in [2.05, 4.69) is 5.32 Å². The third-order valence-electron chi connectivity index (χ3n) is 2.00. The van der Waals surface area contributed by atoms with Crippen molar-refractivity contribution in [2.24, 2.45) is 5.73 Å². The second-order valence-corrected chi connectivity index (χ2v) is 5.29. The Bertz CT molecular complexity index is 210. The maximum atomic E-state index is 11.4. The molecule has 0 spiro atoms. The van der Waals surface area contributed by atoms with Crippen molar-refractivity contribution >= 4 is 16.7 Å². The molecule has 90 valence electrons. The summed E-state index contributed by atoms with van der Waals surface area (Å²) in [6, 6.07) is -0.00200. The Morgan fingerprint density at radius 2 is 2.07 bits per heavy atom. The second-order valence-electron chi connectivity index (χ2n) is 3.81. The van der Waals surface area contributed by atoms with E-state index in [1.165, 1.54) is 0 Å². The Balaban J connectivity index is 3.51. The number of nitrogens with two attached hydrogens (primary N) is 1. The molecule has 4 nitrogen and oxygen atoms in total. The van der Waals surface area contributed by atoms with Gasteiger partial charge in [0.05, 0.1) is 0 Å². The van der Waals surface area contributed by atoms with Crippen LogP contribution in [0.1, 0.15) is 32.6 Å². The van der Waals surface area contributed by atoms with Crippen molar-refractivity contribution in [2.45, 2.75) is 38.6 Å². The van der Waals surface area contributed by atoms with Crippen LogP contribution in [0.5, 0.6) is 0 Å². The lowest BCUT2D eigenvalue weighted by Gasteiger charge is -2.11. The number of carbonyl (C=O) groups excluding carboxylic acids is 1. The van der Waals surface area contributed by atoms with E-state index in [0.717, 1.165) is 19.3 Å². The van der Waals surface area contributed by atoms with Crippen LogP contribution in [0.2, 0.25) is 0 Å². The highest BCUT2D eigenvalue weighted by Crippen LogP contribution is 1.99. The van der Waals surface area contributed by atoms with Crippen molar-refractivity contribution in [1.29, 1.82) is 0 Å². The molecule has 0 fully saturated rings. The van der Waals surface area contributed by atoms with Crippen LogP contribution in [0.15, 0.2) is 0 Å². The molecule has 0 aliphatic rings. The van der Waals surface area contributed by atoms with Crippen molar-refractivity contribution in [3.63, 3.8) is 0 Å². The van der Waals surface area contributed by atoms with Gasteiger partial charge in [-0.25, -0.2) is 0 Å². The van der Waals surface area contributed by atoms with Gasteiger partial charge in [0.15, 0.2) is 0 Å². The van der Waals surface area contributed by atoms with Gasteiger partial charge in [-0.05, 0) is 26.3 Å². The first-order valence-corrected chi connectivity index (χ1v) is 7.08. The molecule has 0 rings (SSSR count). The van der Waals surface area contributed by atoms with Gasteiger partial charge < -0.3 is 11.1 Å². The molecular weight excluding hydrogens is 212 g/mol. The van der Waals surface area contributed by atoms with Gasteiger partial charge in [0.1, 0.15) is 0 Å². The predicted octanol–water partition coefficient (Wildman–Crippen LogP) is 0.389. The van der Waals surface area contributed by atoms with E-state index >= 15 is 0 Å². The first-order valence-electron chi connectivity index (χ1n) is 5.35.